The Kier molecular flexibility index (Phi) is 6.84. The summed E-state index contributed by atoms with van der Waals surface area (Å²) in [6, 6.07) is 10.3. The maximum Gasteiger partial charge on any atom is 1.00 e. The third-order valence-electron chi connectivity index (χ3n) is 1.76. The molecule has 0 aliphatic heterocycles. The number of rotatable bonds is 3. The van der Waals surface area contributed by atoms with E-state index in [1.807, 2.05) is 51.1 Å². The summed E-state index contributed by atoms with van der Waals surface area (Å²) in [4.78, 5) is 0. The third-order valence-corrected chi connectivity index (χ3v) is 1.94. The molecule has 0 saturated heterocycles. The van der Waals surface area contributed by atoms with Crippen LogP contribution in [0.5, 0.6) is 0 Å². The molecule has 0 aliphatic carbocycles. The fraction of sp³-hybridized carbons (Fsp3) is 0.333. The van der Waals surface area contributed by atoms with Crippen molar-refractivity contribution in [3.05, 3.63) is 46.2 Å². The van der Waals surface area contributed by atoms with Crippen molar-refractivity contribution in [3.8, 4) is 0 Å². The molecule has 0 aromatic heterocycles. The van der Waals surface area contributed by atoms with E-state index < -0.39 is 0 Å². The molecular formula is C12H15ClLiN. The molecule has 0 unspecified atom stereocenters. The minimum Gasteiger partial charge on any atom is -0.681 e. The molecule has 0 radical (unpaired) electrons. The van der Waals surface area contributed by atoms with Crippen LogP contribution in [0.25, 0.3) is 11.0 Å². The van der Waals surface area contributed by atoms with Crippen molar-refractivity contribution in [3.63, 3.8) is 0 Å². The topological polar surface area (TPSA) is 14.1 Å². The van der Waals surface area contributed by atoms with E-state index in [4.69, 9.17) is 11.6 Å². The molecule has 0 heterocycles. The van der Waals surface area contributed by atoms with Gasteiger partial charge in [0.2, 0.25) is 0 Å². The van der Waals surface area contributed by atoms with Gasteiger partial charge in [-0.3, -0.25) is 0 Å². The van der Waals surface area contributed by atoms with Crippen molar-refractivity contribution in [2.45, 2.75) is 26.8 Å². The molecule has 0 spiro atoms. The van der Waals surface area contributed by atoms with Crippen LogP contribution in [-0.4, -0.2) is 6.04 Å². The average molecular weight is 216 g/mol. The summed E-state index contributed by atoms with van der Waals surface area (Å²) in [5.74, 6) is 0. The van der Waals surface area contributed by atoms with Crippen LogP contribution in [0.3, 0.4) is 0 Å². The van der Waals surface area contributed by atoms with Gasteiger partial charge in [-0.25, -0.2) is 0 Å². The van der Waals surface area contributed by atoms with E-state index in [0.717, 1.165) is 16.3 Å². The van der Waals surface area contributed by atoms with Gasteiger partial charge in [-0.2, -0.15) is 0 Å². The van der Waals surface area contributed by atoms with E-state index >= 15 is 0 Å². The zero-order valence-electron chi connectivity index (χ0n) is 9.79. The number of nitrogens with zero attached hydrogens (tertiary/aromatic N) is 1. The molecule has 0 atom stereocenters. The van der Waals surface area contributed by atoms with Gasteiger partial charge >= 0.3 is 18.9 Å². The van der Waals surface area contributed by atoms with Gasteiger partial charge in [0.05, 0.1) is 0 Å². The zero-order valence-corrected chi connectivity index (χ0v) is 10.5. The van der Waals surface area contributed by atoms with E-state index in [9.17, 15) is 0 Å². The Bertz CT molecular complexity index is 316. The molecular weight excluding hydrogens is 201 g/mol. The van der Waals surface area contributed by atoms with Crippen molar-refractivity contribution in [1.82, 2.24) is 0 Å². The fourth-order valence-corrected chi connectivity index (χ4v) is 1.37. The summed E-state index contributed by atoms with van der Waals surface area (Å²) in [7, 11) is 0. The van der Waals surface area contributed by atoms with E-state index in [-0.39, 0.29) is 24.9 Å². The molecule has 1 aromatic carbocycles. The number of hydrogen-bond donors (Lipinski definition) is 0. The first-order valence-electron chi connectivity index (χ1n) is 4.74. The molecule has 1 aromatic rings. The van der Waals surface area contributed by atoms with Crippen LogP contribution in [-0.2, 0) is 0 Å². The Morgan fingerprint density at radius 2 is 1.73 bits per heavy atom. The van der Waals surface area contributed by atoms with E-state index in [1.54, 1.807) is 0 Å². The van der Waals surface area contributed by atoms with Gasteiger partial charge in [-0.05, 0) is 12.5 Å². The van der Waals surface area contributed by atoms with Crippen LogP contribution >= 0.6 is 11.6 Å². The minimum absolute atomic E-state index is 0. The van der Waals surface area contributed by atoms with Crippen LogP contribution in [0.1, 0.15) is 26.3 Å². The Morgan fingerprint density at radius 1 is 1.20 bits per heavy atom. The van der Waals surface area contributed by atoms with Crippen molar-refractivity contribution in [2.24, 2.45) is 0 Å². The first-order valence-corrected chi connectivity index (χ1v) is 5.11. The summed E-state index contributed by atoms with van der Waals surface area (Å²) in [5.41, 5.74) is 1.97. The van der Waals surface area contributed by atoms with Gasteiger partial charge in [0.25, 0.3) is 0 Å². The standard InChI is InChI=1S/C12H15ClN.Li/c1-9(2)14-12(10(3)13)11-7-5-4-6-8-11;/h4-9H,1-3H3;/q-1;+1/b12-10+;. The van der Waals surface area contributed by atoms with Crippen LogP contribution in [0.15, 0.2) is 35.4 Å². The molecule has 0 saturated carbocycles. The largest absolute Gasteiger partial charge is 1.00 e. The molecule has 3 heteroatoms. The summed E-state index contributed by atoms with van der Waals surface area (Å²) >= 11 is 6.01. The van der Waals surface area contributed by atoms with Crippen molar-refractivity contribution in [2.75, 3.05) is 0 Å². The molecule has 1 rings (SSSR count). The van der Waals surface area contributed by atoms with Crippen molar-refractivity contribution < 1.29 is 18.9 Å². The first kappa shape index (κ1) is 14.6. The molecule has 1 nitrogen and oxygen atoms in total. The normalized spacial score (nSPS) is 11.8. The number of benzene rings is 1. The van der Waals surface area contributed by atoms with Gasteiger partial charge in [0.15, 0.2) is 0 Å². The van der Waals surface area contributed by atoms with Gasteiger partial charge in [0.1, 0.15) is 0 Å². The molecule has 0 bridgehead atoms. The number of allylic oxidation sites excluding steroid dienone is 1. The monoisotopic (exact) mass is 215 g/mol. The van der Waals surface area contributed by atoms with Crippen molar-refractivity contribution >= 4 is 17.3 Å². The maximum absolute atomic E-state index is 6.01. The third kappa shape index (κ3) is 4.80. The molecule has 15 heavy (non-hydrogen) atoms. The molecule has 76 valence electrons. The van der Waals surface area contributed by atoms with Crippen LogP contribution in [0.4, 0.5) is 0 Å². The average Bonchev–Trinajstić information content (AvgIpc) is 2.15. The summed E-state index contributed by atoms with van der Waals surface area (Å²) < 4.78 is 0. The van der Waals surface area contributed by atoms with Crippen LogP contribution < -0.4 is 18.9 Å². The Balaban J connectivity index is 0.00000196. The Labute approximate surface area is 109 Å². The second-order valence-corrected chi connectivity index (χ2v) is 4.04. The smallest absolute Gasteiger partial charge is 0.681 e. The van der Waals surface area contributed by atoms with E-state index in [1.165, 1.54) is 0 Å². The Hall–Kier alpha value is -0.353. The molecule has 0 aliphatic rings. The fourth-order valence-electron chi connectivity index (χ4n) is 1.22. The van der Waals surface area contributed by atoms with Gasteiger partial charge < -0.3 is 5.32 Å². The summed E-state index contributed by atoms with van der Waals surface area (Å²) in [5, 5.41) is 5.24. The molecule has 0 amide bonds. The minimum atomic E-state index is 0. The second kappa shape index (κ2) is 7.01. The quantitative estimate of drug-likeness (QED) is 0.677. The molecule has 0 N–H and O–H groups in total. The number of halogens is 1. The number of hydrogen-bond acceptors (Lipinski definition) is 0. The second-order valence-electron chi connectivity index (χ2n) is 3.47. The SMILES string of the molecule is C/C(Cl)=C(\[N-]C(C)C)c1ccccc1.[Li+]. The van der Waals surface area contributed by atoms with Gasteiger partial charge in [-0.15, -0.1) is 11.7 Å². The first-order chi connectivity index (χ1) is 6.61. The van der Waals surface area contributed by atoms with E-state index in [0.29, 0.717) is 0 Å². The van der Waals surface area contributed by atoms with Crippen LogP contribution in [0.2, 0.25) is 0 Å². The zero-order chi connectivity index (χ0) is 10.6. The van der Waals surface area contributed by atoms with Gasteiger partial charge in [0, 0.05) is 5.03 Å². The van der Waals surface area contributed by atoms with Crippen LogP contribution in [0, 0.1) is 0 Å². The molecule has 0 fully saturated rings. The van der Waals surface area contributed by atoms with Gasteiger partial charge in [-0.1, -0.05) is 55.8 Å². The van der Waals surface area contributed by atoms with Crippen molar-refractivity contribution in [1.29, 1.82) is 0 Å². The maximum atomic E-state index is 6.01. The Morgan fingerprint density at radius 3 is 2.13 bits per heavy atom. The predicted molar refractivity (Wildman–Crippen MR) is 63.4 cm³/mol. The summed E-state index contributed by atoms with van der Waals surface area (Å²) in [6.07, 6.45) is 0. The summed E-state index contributed by atoms with van der Waals surface area (Å²) in [6.45, 7) is 5.96. The van der Waals surface area contributed by atoms with E-state index in [2.05, 4.69) is 5.32 Å². The predicted octanol–water partition coefficient (Wildman–Crippen LogP) is 1.40.